The van der Waals surface area contributed by atoms with E-state index >= 15 is 0 Å². The van der Waals surface area contributed by atoms with Gasteiger partial charge in [0.25, 0.3) is 0 Å². The molecule has 0 aliphatic heterocycles. The lowest BCUT2D eigenvalue weighted by molar-refractivity contribution is -0.142. The van der Waals surface area contributed by atoms with Crippen molar-refractivity contribution in [3.05, 3.63) is 24.3 Å². The van der Waals surface area contributed by atoms with Crippen molar-refractivity contribution in [3.63, 3.8) is 0 Å². The molecule has 0 unspecified atom stereocenters. The maximum absolute atomic E-state index is 12.5. The normalized spacial score (nSPS) is 16.9. The summed E-state index contributed by atoms with van der Waals surface area (Å²) in [7, 11) is -2.26. The third kappa shape index (κ3) is 5.79. The Bertz CT molecular complexity index is 619. The van der Waals surface area contributed by atoms with Crippen LogP contribution in [-0.4, -0.2) is 34.1 Å². The molecule has 1 aromatic rings. The van der Waals surface area contributed by atoms with E-state index in [-0.39, 0.29) is 17.5 Å². The van der Waals surface area contributed by atoms with E-state index < -0.39 is 16.0 Å². The zero-order valence-electron chi connectivity index (χ0n) is 14.0. The van der Waals surface area contributed by atoms with Crippen LogP contribution >= 0.6 is 0 Å². The molecular weight excluding hydrogens is 330 g/mol. The highest BCUT2D eigenvalue weighted by molar-refractivity contribution is 7.89. The van der Waals surface area contributed by atoms with E-state index in [0.29, 0.717) is 5.75 Å². The zero-order chi connectivity index (χ0) is 17.4. The van der Waals surface area contributed by atoms with E-state index in [0.717, 1.165) is 25.7 Å². The number of carbonyl (C=O) groups excluding carboxylic acids is 1. The van der Waals surface area contributed by atoms with Crippen molar-refractivity contribution in [1.29, 1.82) is 0 Å². The van der Waals surface area contributed by atoms with Gasteiger partial charge in [0, 0.05) is 6.04 Å². The van der Waals surface area contributed by atoms with Gasteiger partial charge >= 0.3 is 5.97 Å². The number of hydrogen-bond donors (Lipinski definition) is 1. The highest BCUT2D eigenvalue weighted by Gasteiger charge is 2.20. The molecule has 0 atom stereocenters. The number of methoxy groups -OCH3 is 1. The third-order valence-corrected chi connectivity index (χ3v) is 5.68. The number of sulfonamides is 1. The number of rotatable bonds is 6. The Balaban J connectivity index is 1.96. The second-order valence-corrected chi connectivity index (χ2v) is 7.71. The molecule has 0 bridgehead atoms. The third-order valence-electron chi connectivity index (χ3n) is 4.15. The maximum atomic E-state index is 12.5. The van der Waals surface area contributed by atoms with Gasteiger partial charge in [0.15, 0.2) is 6.61 Å². The Morgan fingerprint density at radius 1 is 1.08 bits per heavy atom. The lowest BCUT2D eigenvalue weighted by atomic mass is 9.97. The minimum Gasteiger partial charge on any atom is -0.482 e. The van der Waals surface area contributed by atoms with Gasteiger partial charge in [0.2, 0.25) is 10.0 Å². The monoisotopic (exact) mass is 355 g/mol. The summed E-state index contributed by atoms with van der Waals surface area (Å²) in [5, 5.41) is 0. The fraction of sp³-hybridized carbons (Fsp3) is 0.588. The Kier molecular flexibility index (Phi) is 7.05. The van der Waals surface area contributed by atoms with Crippen LogP contribution in [0, 0.1) is 0 Å². The number of hydrogen-bond acceptors (Lipinski definition) is 5. The van der Waals surface area contributed by atoms with Gasteiger partial charge in [0.05, 0.1) is 12.0 Å². The second kappa shape index (κ2) is 9.03. The summed E-state index contributed by atoms with van der Waals surface area (Å²) in [5.74, 6) is -0.0667. The Morgan fingerprint density at radius 2 is 1.67 bits per heavy atom. The smallest absolute Gasteiger partial charge is 0.343 e. The van der Waals surface area contributed by atoms with Gasteiger partial charge in [-0.3, -0.25) is 0 Å². The van der Waals surface area contributed by atoms with E-state index in [1.54, 1.807) is 0 Å². The molecule has 0 radical (unpaired) electrons. The number of ether oxygens (including phenoxy) is 2. The first-order valence-corrected chi connectivity index (χ1v) is 9.81. The Labute approximate surface area is 143 Å². The van der Waals surface area contributed by atoms with Crippen LogP contribution in [0.3, 0.4) is 0 Å². The molecule has 1 aliphatic carbocycles. The minimum atomic E-state index is -3.54. The highest BCUT2D eigenvalue weighted by Crippen LogP contribution is 2.20. The molecule has 0 saturated heterocycles. The summed E-state index contributed by atoms with van der Waals surface area (Å²) in [5.41, 5.74) is 0. The van der Waals surface area contributed by atoms with Crippen molar-refractivity contribution in [1.82, 2.24) is 4.72 Å². The van der Waals surface area contributed by atoms with E-state index in [1.165, 1.54) is 50.6 Å². The summed E-state index contributed by atoms with van der Waals surface area (Å²) in [6.07, 6.45) is 7.49. The molecule has 1 aromatic carbocycles. The molecule has 24 heavy (non-hydrogen) atoms. The second-order valence-electron chi connectivity index (χ2n) is 6.00. The van der Waals surface area contributed by atoms with Gasteiger partial charge < -0.3 is 9.47 Å². The van der Waals surface area contributed by atoms with E-state index in [9.17, 15) is 13.2 Å². The summed E-state index contributed by atoms with van der Waals surface area (Å²) in [6.45, 7) is -0.205. The molecule has 0 spiro atoms. The van der Waals surface area contributed by atoms with Crippen molar-refractivity contribution < 1.29 is 22.7 Å². The van der Waals surface area contributed by atoms with Crippen LogP contribution in [-0.2, 0) is 19.6 Å². The van der Waals surface area contributed by atoms with Gasteiger partial charge in [-0.25, -0.2) is 17.9 Å². The van der Waals surface area contributed by atoms with Crippen LogP contribution in [0.4, 0.5) is 0 Å². The fourth-order valence-electron chi connectivity index (χ4n) is 2.78. The molecule has 1 fully saturated rings. The van der Waals surface area contributed by atoms with Gasteiger partial charge in [-0.2, -0.15) is 0 Å². The van der Waals surface area contributed by atoms with E-state index in [1.807, 2.05) is 0 Å². The SMILES string of the molecule is COC(=O)COc1ccc(S(=O)(=O)NC2CCCCCCC2)cc1. The van der Waals surface area contributed by atoms with Crippen molar-refractivity contribution in [2.75, 3.05) is 13.7 Å². The minimum absolute atomic E-state index is 0.00514. The van der Waals surface area contributed by atoms with Crippen LogP contribution in [0.15, 0.2) is 29.2 Å². The molecular formula is C17H25NO5S. The molecule has 0 heterocycles. The zero-order valence-corrected chi connectivity index (χ0v) is 14.8. The van der Waals surface area contributed by atoms with Crippen molar-refractivity contribution >= 4 is 16.0 Å². The first kappa shape index (κ1) is 18.7. The van der Waals surface area contributed by atoms with Crippen LogP contribution in [0.5, 0.6) is 5.75 Å². The maximum Gasteiger partial charge on any atom is 0.343 e. The molecule has 2 rings (SSSR count). The van der Waals surface area contributed by atoms with Crippen molar-refractivity contribution in [2.45, 2.75) is 55.9 Å². The molecule has 0 amide bonds. The van der Waals surface area contributed by atoms with Crippen LogP contribution in [0.1, 0.15) is 44.9 Å². The molecule has 0 aromatic heterocycles. The van der Waals surface area contributed by atoms with Crippen molar-refractivity contribution in [2.24, 2.45) is 0 Å². The van der Waals surface area contributed by atoms with Gasteiger partial charge in [0.1, 0.15) is 5.75 Å². The largest absolute Gasteiger partial charge is 0.482 e. The first-order valence-electron chi connectivity index (χ1n) is 8.33. The Hall–Kier alpha value is -1.60. The number of carbonyl (C=O) groups is 1. The Morgan fingerprint density at radius 3 is 2.25 bits per heavy atom. The van der Waals surface area contributed by atoms with E-state index in [4.69, 9.17) is 4.74 Å². The summed E-state index contributed by atoms with van der Waals surface area (Å²) < 4.78 is 37.5. The number of benzene rings is 1. The first-order chi connectivity index (χ1) is 11.5. The highest BCUT2D eigenvalue weighted by atomic mass is 32.2. The predicted octanol–water partition coefficient (Wildman–Crippen LogP) is 2.63. The average Bonchev–Trinajstić information content (AvgIpc) is 2.55. The lowest BCUT2D eigenvalue weighted by Gasteiger charge is -2.21. The van der Waals surface area contributed by atoms with Crippen LogP contribution in [0.2, 0.25) is 0 Å². The number of esters is 1. The van der Waals surface area contributed by atoms with E-state index in [2.05, 4.69) is 9.46 Å². The molecule has 7 heteroatoms. The van der Waals surface area contributed by atoms with Crippen LogP contribution < -0.4 is 9.46 Å². The average molecular weight is 355 g/mol. The van der Waals surface area contributed by atoms with Gasteiger partial charge in [-0.1, -0.05) is 32.1 Å². The molecule has 1 saturated carbocycles. The van der Waals surface area contributed by atoms with Gasteiger partial charge in [-0.05, 0) is 37.1 Å². The molecule has 1 aliphatic rings. The summed E-state index contributed by atoms with van der Waals surface area (Å²) in [6, 6.07) is 6.05. The lowest BCUT2D eigenvalue weighted by Crippen LogP contribution is -2.35. The topological polar surface area (TPSA) is 81.7 Å². The predicted molar refractivity (Wildman–Crippen MR) is 90.4 cm³/mol. The summed E-state index contributed by atoms with van der Waals surface area (Å²) >= 11 is 0. The van der Waals surface area contributed by atoms with Crippen molar-refractivity contribution in [3.8, 4) is 5.75 Å². The fourth-order valence-corrected chi connectivity index (χ4v) is 4.08. The number of nitrogens with one attached hydrogen (secondary N) is 1. The van der Waals surface area contributed by atoms with Gasteiger partial charge in [-0.15, -0.1) is 0 Å². The van der Waals surface area contributed by atoms with Crippen LogP contribution in [0.25, 0.3) is 0 Å². The molecule has 1 N–H and O–H groups in total. The quantitative estimate of drug-likeness (QED) is 0.793. The molecule has 6 nitrogen and oxygen atoms in total. The standard InChI is InChI=1S/C17H25NO5S/c1-22-17(19)13-23-15-9-11-16(12-10-15)24(20,21)18-14-7-5-3-2-4-6-8-14/h9-12,14,18H,2-8,13H2,1H3. The summed E-state index contributed by atoms with van der Waals surface area (Å²) in [4.78, 5) is 11.2. The molecule has 134 valence electrons.